The summed E-state index contributed by atoms with van der Waals surface area (Å²) in [6, 6.07) is 5.40. The van der Waals surface area contributed by atoms with Gasteiger partial charge < -0.3 is 20.5 Å². The number of nitrogens with one attached hydrogen (secondary N) is 1. The molecule has 3 N–H and O–H groups in total. The Balaban J connectivity index is 2.92. The normalized spacial score (nSPS) is 11.9. The van der Waals surface area contributed by atoms with Gasteiger partial charge in [-0.3, -0.25) is 0 Å². The molecule has 18 heavy (non-hydrogen) atoms. The minimum atomic E-state index is -0.434. The molecule has 0 saturated carbocycles. The number of hydrogen-bond acceptors (Lipinski definition) is 5. The average Bonchev–Trinajstić information content (AvgIpc) is 2.39. The summed E-state index contributed by atoms with van der Waals surface area (Å²) in [7, 11) is 2.99. The summed E-state index contributed by atoms with van der Waals surface area (Å²) in [5, 5.41) is 3.26. The Morgan fingerprint density at radius 1 is 1.44 bits per heavy atom. The molecule has 0 aliphatic carbocycles. The third-order valence-electron chi connectivity index (χ3n) is 2.73. The maximum Gasteiger partial charge on any atom is 0.340 e. The van der Waals surface area contributed by atoms with Crippen LogP contribution in [0.25, 0.3) is 0 Å². The van der Waals surface area contributed by atoms with Crippen LogP contribution in [0.2, 0.25) is 0 Å². The summed E-state index contributed by atoms with van der Waals surface area (Å²) in [6.07, 6.45) is 0.899. The molecule has 0 amide bonds. The van der Waals surface area contributed by atoms with Crippen molar-refractivity contribution in [2.45, 2.75) is 19.4 Å². The van der Waals surface area contributed by atoms with E-state index in [0.29, 0.717) is 17.9 Å². The van der Waals surface area contributed by atoms with Gasteiger partial charge in [0.1, 0.15) is 0 Å². The molecule has 1 unspecified atom stereocenters. The van der Waals surface area contributed by atoms with Crippen molar-refractivity contribution in [1.82, 2.24) is 0 Å². The minimum Gasteiger partial charge on any atom is -0.465 e. The summed E-state index contributed by atoms with van der Waals surface area (Å²) in [5.41, 5.74) is 7.45. The summed E-state index contributed by atoms with van der Waals surface area (Å²) < 4.78 is 9.79. The summed E-state index contributed by atoms with van der Waals surface area (Å²) in [5.74, 6) is -0.434. The van der Waals surface area contributed by atoms with Gasteiger partial charge in [-0.2, -0.15) is 0 Å². The highest BCUT2D eigenvalue weighted by atomic mass is 16.5. The molecule has 5 heteroatoms. The molecule has 0 fully saturated rings. The van der Waals surface area contributed by atoms with Gasteiger partial charge in [0.15, 0.2) is 0 Å². The van der Waals surface area contributed by atoms with Crippen molar-refractivity contribution < 1.29 is 14.3 Å². The number of ether oxygens (including phenoxy) is 2. The van der Waals surface area contributed by atoms with E-state index in [1.165, 1.54) is 7.11 Å². The Morgan fingerprint density at radius 3 is 2.72 bits per heavy atom. The number of esters is 1. The summed E-state index contributed by atoms with van der Waals surface area (Å²) in [4.78, 5) is 11.5. The van der Waals surface area contributed by atoms with Gasteiger partial charge in [-0.25, -0.2) is 4.79 Å². The number of anilines is 2. The molecule has 0 aromatic heterocycles. The van der Waals surface area contributed by atoms with E-state index in [4.69, 9.17) is 10.5 Å². The molecule has 0 bridgehead atoms. The number of carbonyl (C=O) groups excluding carboxylic acids is 1. The molecule has 5 nitrogen and oxygen atoms in total. The van der Waals surface area contributed by atoms with E-state index < -0.39 is 5.97 Å². The number of methoxy groups -OCH3 is 2. The van der Waals surface area contributed by atoms with E-state index in [0.717, 1.165) is 12.1 Å². The second kappa shape index (κ2) is 6.86. The van der Waals surface area contributed by atoms with Crippen molar-refractivity contribution in [3.8, 4) is 0 Å². The van der Waals surface area contributed by atoms with Crippen molar-refractivity contribution in [1.29, 1.82) is 0 Å². The average molecular weight is 252 g/mol. The molecule has 0 aliphatic rings. The lowest BCUT2D eigenvalue weighted by atomic mass is 10.1. The molecular weight excluding hydrogens is 232 g/mol. The molecular formula is C13H20N2O3. The maximum atomic E-state index is 11.5. The second-order valence-corrected chi connectivity index (χ2v) is 3.96. The fraction of sp³-hybridized carbons (Fsp3) is 0.462. The van der Waals surface area contributed by atoms with Gasteiger partial charge >= 0.3 is 5.97 Å². The van der Waals surface area contributed by atoms with Crippen molar-refractivity contribution in [2.75, 3.05) is 31.9 Å². The van der Waals surface area contributed by atoms with Crippen LogP contribution >= 0.6 is 0 Å². The number of para-hydroxylation sites is 1. The summed E-state index contributed by atoms with van der Waals surface area (Å²) >= 11 is 0. The Kier molecular flexibility index (Phi) is 5.45. The van der Waals surface area contributed by atoms with E-state index in [2.05, 4.69) is 17.0 Å². The Hall–Kier alpha value is -1.75. The SMILES string of the molecule is CCC(COC)Nc1cccc(C(=O)OC)c1N. The first-order valence-electron chi connectivity index (χ1n) is 5.86. The van der Waals surface area contributed by atoms with Crippen LogP contribution in [0.1, 0.15) is 23.7 Å². The second-order valence-electron chi connectivity index (χ2n) is 3.96. The van der Waals surface area contributed by atoms with Crippen LogP contribution in [-0.2, 0) is 9.47 Å². The number of rotatable bonds is 6. The lowest BCUT2D eigenvalue weighted by Crippen LogP contribution is -2.24. The number of carbonyl (C=O) groups is 1. The maximum absolute atomic E-state index is 11.5. The van der Waals surface area contributed by atoms with Gasteiger partial charge in [-0.1, -0.05) is 13.0 Å². The van der Waals surface area contributed by atoms with E-state index in [1.807, 2.05) is 6.07 Å². The highest BCUT2D eigenvalue weighted by Crippen LogP contribution is 2.24. The molecule has 1 rings (SSSR count). The molecule has 0 saturated heterocycles. The highest BCUT2D eigenvalue weighted by molar-refractivity contribution is 5.98. The largest absolute Gasteiger partial charge is 0.465 e. The van der Waals surface area contributed by atoms with Gasteiger partial charge in [-0.15, -0.1) is 0 Å². The monoisotopic (exact) mass is 252 g/mol. The third kappa shape index (κ3) is 3.37. The van der Waals surface area contributed by atoms with E-state index in [9.17, 15) is 4.79 Å². The van der Waals surface area contributed by atoms with E-state index in [1.54, 1.807) is 19.2 Å². The van der Waals surface area contributed by atoms with Crippen LogP contribution in [0.15, 0.2) is 18.2 Å². The number of benzene rings is 1. The Bertz CT molecular complexity index is 407. The number of nitrogen functional groups attached to an aromatic ring is 1. The van der Waals surface area contributed by atoms with Gasteiger partial charge in [0, 0.05) is 13.2 Å². The zero-order chi connectivity index (χ0) is 13.5. The van der Waals surface area contributed by atoms with E-state index in [-0.39, 0.29) is 6.04 Å². The standard InChI is InChI=1S/C13H20N2O3/c1-4-9(8-17-2)15-11-7-5-6-10(12(11)14)13(16)18-3/h5-7,9,15H,4,8,14H2,1-3H3. The molecule has 1 aromatic rings. The molecule has 0 spiro atoms. The topological polar surface area (TPSA) is 73.6 Å². The molecule has 100 valence electrons. The zero-order valence-corrected chi connectivity index (χ0v) is 11.0. The fourth-order valence-electron chi connectivity index (χ4n) is 1.66. The van der Waals surface area contributed by atoms with Crippen molar-refractivity contribution in [2.24, 2.45) is 0 Å². The van der Waals surface area contributed by atoms with Crippen LogP contribution in [0, 0.1) is 0 Å². The lowest BCUT2D eigenvalue weighted by molar-refractivity contribution is 0.0602. The van der Waals surface area contributed by atoms with Crippen molar-refractivity contribution in [3.63, 3.8) is 0 Å². The van der Waals surface area contributed by atoms with Crippen LogP contribution < -0.4 is 11.1 Å². The van der Waals surface area contributed by atoms with Gasteiger partial charge in [-0.05, 0) is 18.6 Å². The quantitative estimate of drug-likeness (QED) is 0.597. The Morgan fingerprint density at radius 2 is 2.17 bits per heavy atom. The highest BCUT2D eigenvalue weighted by Gasteiger charge is 2.14. The third-order valence-corrected chi connectivity index (χ3v) is 2.73. The molecule has 1 aromatic carbocycles. The van der Waals surface area contributed by atoms with Gasteiger partial charge in [0.25, 0.3) is 0 Å². The van der Waals surface area contributed by atoms with Crippen LogP contribution in [0.3, 0.4) is 0 Å². The first kappa shape index (κ1) is 14.3. The van der Waals surface area contributed by atoms with Crippen molar-refractivity contribution >= 4 is 17.3 Å². The lowest BCUT2D eigenvalue weighted by Gasteiger charge is -2.19. The van der Waals surface area contributed by atoms with Crippen LogP contribution in [0.5, 0.6) is 0 Å². The summed E-state index contributed by atoms with van der Waals surface area (Å²) in [6.45, 7) is 2.63. The molecule has 0 heterocycles. The smallest absolute Gasteiger partial charge is 0.340 e. The first-order valence-corrected chi connectivity index (χ1v) is 5.86. The Labute approximate surface area is 107 Å². The predicted octanol–water partition coefficient (Wildman–Crippen LogP) is 1.89. The van der Waals surface area contributed by atoms with Gasteiger partial charge in [0.05, 0.1) is 30.7 Å². The van der Waals surface area contributed by atoms with Crippen molar-refractivity contribution in [3.05, 3.63) is 23.8 Å². The molecule has 0 radical (unpaired) electrons. The minimum absolute atomic E-state index is 0.158. The predicted molar refractivity (Wildman–Crippen MR) is 71.8 cm³/mol. The number of hydrogen-bond donors (Lipinski definition) is 2. The molecule has 0 aliphatic heterocycles. The van der Waals surface area contributed by atoms with E-state index >= 15 is 0 Å². The number of nitrogens with two attached hydrogens (primary N) is 1. The first-order chi connectivity index (χ1) is 8.63. The zero-order valence-electron chi connectivity index (χ0n) is 11.0. The van der Waals surface area contributed by atoms with Gasteiger partial charge in [0.2, 0.25) is 0 Å². The molecule has 1 atom stereocenters. The van der Waals surface area contributed by atoms with Crippen LogP contribution in [-0.4, -0.2) is 32.8 Å². The van der Waals surface area contributed by atoms with Crippen LogP contribution in [0.4, 0.5) is 11.4 Å². The fourth-order valence-corrected chi connectivity index (χ4v) is 1.66.